The summed E-state index contributed by atoms with van der Waals surface area (Å²) >= 11 is 0. The van der Waals surface area contributed by atoms with Crippen LogP contribution in [0.4, 0.5) is 0 Å². The van der Waals surface area contributed by atoms with E-state index in [0.29, 0.717) is 11.3 Å². The SMILES string of the molecule is COc1ccc(-c2ccc(C3=CC(C4C(=O)Oc5ccccc5C4=O)CCC3)cc2)cc1. The molecule has 1 heterocycles. The Balaban J connectivity index is 1.39. The Morgan fingerprint density at radius 1 is 0.844 bits per heavy atom. The normalized spacial score (nSPS) is 20.2. The molecule has 0 radical (unpaired) electrons. The molecule has 160 valence electrons. The molecule has 1 aliphatic carbocycles. The van der Waals surface area contributed by atoms with Crippen LogP contribution in [-0.2, 0) is 4.79 Å². The lowest BCUT2D eigenvalue weighted by atomic mass is 9.76. The third-order valence-electron chi connectivity index (χ3n) is 6.41. The molecule has 4 nitrogen and oxygen atoms in total. The number of carbonyl (C=O) groups is 2. The molecule has 5 rings (SSSR count). The number of para-hydroxylation sites is 1. The number of esters is 1. The van der Waals surface area contributed by atoms with Crippen molar-refractivity contribution < 1.29 is 19.1 Å². The van der Waals surface area contributed by atoms with Crippen LogP contribution in [0.2, 0.25) is 0 Å². The molecule has 1 aliphatic heterocycles. The smallest absolute Gasteiger partial charge is 0.322 e. The van der Waals surface area contributed by atoms with Crippen LogP contribution in [0.3, 0.4) is 0 Å². The van der Waals surface area contributed by atoms with Crippen molar-refractivity contribution in [3.8, 4) is 22.6 Å². The van der Waals surface area contributed by atoms with Gasteiger partial charge in [-0.3, -0.25) is 9.59 Å². The maximum absolute atomic E-state index is 13.1. The molecule has 0 spiro atoms. The Kier molecular flexibility index (Phi) is 5.36. The fourth-order valence-electron chi connectivity index (χ4n) is 4.69. The van der Waals surface area contributed by atoms with Crippen molar-refractivity contribution in [2.45, 2.75) is 19.3 Å². The number of benzene rings is 3. The average Bonchev–Trinajstić information content (AvgIpc) is 2.84. The summed E-state index contributed by atoms with van der Waals surface area (Å²) in [5.74, 6) is -0.275. The lowest BCUT2D eigenvalue weighted by Gasteiger charge is -2.30. The van der Waals surface area contributed by atoms with E-state index in [1.54, 1.807) is 31.4 Å². The molecule has 0 N–H and O–H groups in total. The zero-order valence-electron chi connectivity index (χ0n) is 17.9. The number of rotatable bonds is 4. The Morgan fingerprint density at radius 2 is 1.50 bits per heavy atom. The zero-order valence-corrected chi connectivity index (χ0v) is 17.9. The summed E-state index contributed by atoms with van der Waals surface area (Å²) in [5.41, 5.74) is 5.07. The van der Waals surface area contributed by atoms with Crippen molar-refractivity contribution in [1.29, 1.82) is 0 Å². The molecule has 0 fully saturated rings. The van der Waals surface area contributed by atoms with E-state index in [2.05, 4.69) is 30.3 Å². The van der Waals surface area contributed by atoms with Crippen LogP contribution >= 0.6 is 0 Å². The van der Waals surface area contributed by atoms with Crippen LogP contribution in [0, 0.1) is 11.8 Å². The predicted molar refractivity (Wildman–Crippen MR) is 124 cm³/mol. The van der Waals surface area contributed by atoms with E-state index >= 15 is 0 Å². The number of Topliss-reactive ketones (excluding diaryl/α,β-unsaturated/α-hetero) is 1. The van der Waals surface area contributed by atoms with Crippen molar-refractivity contribution in [3.63, 3.8) is 0 Å². The van der Waals surface area contributed by atoms with Gasteiger partial charge in [0, 0.05) is 0 Å². The van der Waals surface area contributed by atoms with Gasteiger partial charge in [-0.1, -0.05) is 54.6 Å². The first-order chi connectivity index (χ1) is 15.6. The lowest BCUT2D eigenvalue weighted by molar-refractivity contribution is -0.139. The number of methoxy groups -OCH3 is 1. The van der Waals surface area contributed by atoms with Gasteiger partial charge in [0.1, 0.15) is 17.4 Å². The van der Waals surface area contributed by atoms with Crippen molar-refractivity contribution in [2.24, 2.45) is 11.8 Å². The van der Waals surface area contributed by atoms with Gasteiger partial charge in [0.25, 0.3) is 0 Å². The third kappa shape index (κ3) is 3.73. The first-order valence-corrected chi connectivity index (χ1v) is 10.9. The molecular weight excluding hydrogens is 400 g/mol. The Hall–Kier alpha value is -3.66. The van der Waals surface area contributed by atoms with Crippen LogP contribution in [0.25, 0.3) is 16.7 Å². The van der Waals surface area contributed by atoms with Gasteiger partial charge >= 0.3 is 5.97 Å². The van der Waals surface area contributed by atoms with Crippen molar-refractivity contribution >= 4 is 17.3 Å². The molecule has 32 heavy (non-hydrogen) atoms. The summed E-state index contributed by atoms with van der Waals surface area (Å²) in [6.07, 6.45) is 4.80. The minimum atomic E-state index is -0.765. The number of ether oxygens (including phenoxy) is 2. The van der Waals surface area contributed by atoms with E-state index in [4.69, 9.17) is 9.47 Å². The monoisotopic (exact) mass is 424 g/mol. The molecular formula is C28H24O4. The summed E-state index contributed by atoms with van der Waals surface area (Å²) in [7, 11) is 1.66. The molecule has 0 saturated carbocycles. The number of ketones is 1. The van der Waals surface area contributed by atoms with Crippen molar-refractivity contribution in [3.05, 3.63) is 90.0 Å². The minimum Gasteiger partial charge on any atom is -0.497 e. The van der Waals surface area contributed by atoms with Gasteiger partial charge in [-0.15, -0.1) is 0 Å². The van der Waals surface area contributed by atoms with E-state index in [1.807, 2.05) is 24.3 Å². The van der Waals surface area contributed by atoms with Crippen LogP contribution < -0.4 is 9.47 Å². The largest absolute Gasteiger partial charge is 0.497 e. The average molecular weight is 424 g/mol. The van der Waals surface area contributed by atoms with Gasteiger partial charge < -0.3 is 9.47 Å². The number of fused-ring (bicyclic) bond motifs is 1. The summed E-state index contributed by atoms with van der Waals surface area (Å²) < 4.78 is 10.7. The third-order valence-corrected chi connectivity index (χ3v) is 6.41. The molecule has 2 aliphatic rings. The Bertz CT molecular complexity index is 1190. The summed E-state index contributed by atoms with van der Waals surface area (Å²) in [6.45, 7) is 0. The van der Waals surface area contributed by atoms with E-state index in [0.717, 1.165) is 41.7 Å². The van der Waals surface area contributed by atoms with E-state index in [9.17, 15) is 9.59 Å². The highest BCUT2D eigenvalue weighted by Crippen LogP contribution is 2.39. The van der Waals surface area contributed by atoms with Gasteiger partial charge in [-0.2, -0.15) is 0 Å². The number of hydrogen-bond acceptors (Lipinski definition) is 4. The van der Waals surface area contributed by atoms with Gasteiger partial charge in [0.2, 0.25) is 0 Å². The molecule has 0 bridgehead atoms. The molecule has 0 amide bonds. The second-order valence-corrected chi connectivity index (χ2v) is 8.31. The molecule has 0 aromatic heterocycles. The van der Waals surface area contributed by atoms with Crippen LogP contribution in [-0.4, -0.2) is 18.9 Å². The first kappa shape index (κ1) is 20.3. The number of allylic oxidation sites excluding steroid dienone is 2. The van der Waals surface area contributed by atoms with Crippen LogP contribution in [0.5, 0.6) is 11.5 Å². The highest BCUT2D eigenvalue weighted by atomic mass is 16.5. The second-order valence-electron chi connectivity index (χ2n) is 8.31. The summed E-state index contributed by atoms with van der Waals surface area (Å²) in [6, 6.07) is 23.4. The molecule has 2 atom stereocenters. The summed E-state index contributed by atoms with van der Waals surface area (Å²) in [4.78, 5) is 25.8. The van der Waals surface area contributed by atoms with Gasteiger partial charge in [0.15, 0.2) is 5.78 Å². The molecule has 2 unspecified atom stereocenters. The molecule has 0 saturated heterocycles. The lowest BCUT2D eigenvalue weighted by Crippen LogP contribution is -2.38. The molecule has 3 aromatic carbocycles. The maximum atomic E-state index is 13.1. The van der Waals surface area contributed by atoms with Gasteiger partial charge in [-0.25, -0.2) is 0 Å². The van der Waals surface area contributed by atoms with Crippen molar-refractivity contribution in [2.75, 3.05) is 7.11 Å². The quantitative estimate of drug-likeness (QED) is 0.294. The maximum Gasteiger partial charge on any atom is 0.322 e. The summed E-state index contributed by atoms with van der Waals surface area (Å²) in [5, 5.41) is 0. The van der Waals surface area contributed by atoms with E-state index < -0.39 is 11.9 Å². The fraction of sp³-hybridized carbons (Fsp3) is 0.214. The standard InChI is InChI=1S/C28H24O4/c1-31-23-15-13-19(14-16-23)18-9-11-20(12-10-18)21-5-4-6-22(17-21)26-27(29)24-7-2-3-8-25(24)32-28(26)30/h2-3,7-17,22,26H,4-6H2,1H3. The topological polar surface area (TPSA) is 52.6 Å². The Morgan fingerprint density at radius 3 is 2.22 bits per heavy atom. The second kappa shape index (κ2) is 8.46. The van der Waals surface area contributed by atoms with Crippen molar-refractivity contribution in [1.82, 2.24) is 0 Å². The fourth-order valence-corrected chi connectivity index (χ4v) is 4.69. The van der Waals surface area contributed by atoms with E-state index in [-0.39, 0.29) is 11.7 Å². The highest BCUT2D eigenvalue weighted by molar-refractivity contribution is 6.13. The first-order valence-electron chi connectivity index (χ1n) is 10.9. The van der Waals surface area contributed by atoms with Crippen LogP contribution in [0.1, 0.15) is 35.2 Å². The number of carbonyl (C=O) groups excluding carboxylic acids is 2. The highest BCUT2D eigenvalue weighted by Gasteiger charge is 2.41. The van der Waals surface area contributed by atoms with Gasteiger partial charge in [-0.05, 0) is 71.7 Å². The predicted octanol–water partition coefficient (Wildman–Crippen LogP) is 5.96. The molecule has 4 heteroatoms. The number of hydrogen-bond donors (Lipinski definition) is 0. The molecule has 3 aromatic rings. The zero-order chi connectivity index (χ0) is 22.1. The minimum absolute atomic E-state index is 0.130. The van der Waals surface area contributed by atoms with E-state index in [1.165, 1.54) is 5.57 Å². The Labute approximate surface area is 187 Å². The van der Waals surface area contributed by atoms with Crippen LogP contribution in [0.15, 0.2) is 78.9 Å². The van der Waals surface area contributed by atoms with Gasteiger partial charge in [0.05, 0.1) is 12.7 Å².